The van der Waals surface area contributed by atoms with Gasteiger partial charge in [-0.15, -0.1) is 12.6 Å². The van der Waals surface area contributed by atoms with Crippen molar-refractivity contribution in [3.05, 3.63) is 72.3 Å². The molecule has 0 aliphatic carbocycles. The summed E-state index contributed by atoms with van der Waals surface area (Å²) in [4.78, 5) is 5.59. The van der Waals surface area contributed by atoms with Crippen LogP contribution in [0, 0.1) is 6.92 Å². The summed E-state index contributed by atoms with van der Waals surface area (Å²) in [5.41, 5.74) is 6.15. The monoisotopic (exact) mass is 317 g/mol. The third kappa shape index (κ3) is 2.76. The molecule has 1 aromatic heterocycles. The normalized spacial score (nSPS) is 11.0. The van der Waals surface area contributed by atoms with Gasteiger partial charge in [-0.05, 0) is 54.4 Å². The first-order chi connectivity index (χ1) is 11.2. The molecule has 0 spiro atoms. The smallest absolute Gasteiger partial charge is 0.227 e. The van der Waals surface area contributed by atoms with Crippen LogP contribution in [0.1, 0.15) is 5.56 Å². The van der Waals surface area contributed by atoms with Crippen molar-refractivity contribution in [2.24, 2.45) is 0 Å². The minimum atomic E-state index is 0.655. The number of hydrogen-bond acceptors (Lipinski definition) is 3. The fraction of sp³-hybridized carbons (Fsp3) is 0.0500. The van der Waals surface area contributed by atoms with Gasteiger partial charge in [0.05, 0.1) is 0 Å². The van der Waals surface area contributed by atoms with Crippen LogP contribution in [-0.4, -0.2) is 4.98 Å². The topological polar surface area (TPSA) is 26.0 Å². The second kappa shape index (κ2) is 5.60. The number of rotatable bonds is 2. The van der Waals surface area contributed by atoms with E-state index in [0.29, 0.717) is 5.89 Å². The Morgan fingerprint density at radius 3 is 2.17 bits per heavy atom. The van der Waals surface area contributed by atoms with Crippen molar-refractivity contribution >= 4 is 23.7 Å². The lowest BCUT2D eigenvalue weighted by Crippen LogP contribution is -1.79. The molecule has 23 heavy (non-hydrogen) atoms. The summed E-state index contributed by atoms with van der Waals surface area (Å²) in [6, 6.07) is 22.4. The summed E-state index contributed by atoms with van der Waals surface area (Å²) in [7, 11) is 0. The van der Waals surface area contributed by atoms with Gasteiger partial charge < -0.3 is 4.42 Å². The maximum Gasteiger partial charge on any atom is 0.227 e. The molecule has 0 aliphatic heterocycles. The Hall–Kier alpha value is -2.52. The zero-order chi connectivity index (χ0) is 15.8. The molecular formula is C20H15NOS. The van der Waals surface area contributed by atoms with E-state index in [1.807, 2.05) is 30.3 Å². The summed E-state index contributed by atoms with van der Waals surface area (Å²) >= 11 is 4.33. The van der Waals surface area contributed by atoms with E-state index in [-0.39, 0.29) is 0 Å². The van der Waals surface area contributed by atoms with Crippen molar-refractivity contribution in [3.63, 3.8) is 0 Å². The lowest BCUT2D eigenvalue weighted by Gasteiger charge is -2.01. The van der Waals surface area contributed by atoms with E-state index in [4.69, 9.17) is 4.42 Å². The third-order valence-corrected chi connectivity index (χ3v) is 4.18. The van der Waals surface area contributed by atoms with Crippen molar-refractivity contribution < 1.29 is 4.42 Å². The predicted octanol–water partition coefficient (Wildman–Crippen LogP) is 5.76. The van der Waals surface area contributed by atoms with Gasteiger partial charge in [0.15, 0.2) is 5.58 Å². The van der Waals surface area contributed by atoms with Crippen molar-refractivity contribution in [1.29, 1.82) is 0 Å². The van der Waals surface area contributed by atoms with Gasteiger partial charge in [-0.1, -0.05) is 35.9 Å². The Balaban J connectivity index is 1.77. The van der Waals surface area contributed by atoms with E-state index in [0.717, 1.165) is 32.7 Å². The molecule has 112 valence electrons. The second-order valence-corrected chi connectivity index (χ2v) is 6.13. The lowest BCUT2D eigenvalue weighted by atomic mass is 10.1. The Morgan fingerprint density at radius 2 is 1.43 bits per heavy atom. The molecule has 2 nitrogen and oxygen atoms in total. The summed E-state index contributed by atoms with van der Waals surface area (Å²) in [6.45, 7) is 2.07. The molecule has 0 radical (unpaired) electrons. The molecular weight excluding hydrogens is 302 g/mol. The molecule has 3 heteroatoms. The van der Waals surface area contributed by atoms with Crippen molar-refractivity contribution in [2.45, 2.75) is 11.8 Å². The molecule has 0 unspecified atom stereocenters. The lowest BCUT2D eigenvalue weighted by molar-refractivity contribution is 0.620. The molecule has 0 saturated heterocycles. The standard InChI is InChI=1S/C20H15NOS/c1-13-2-4-15(5-3-13)20-21-18-12-16(8-11-19(18)22-20)14-6-9-17(23)10-7-14/h2-12,23H,1H3. The summed E-state index contributed by atoms with van der Waals surface area (Å²) in [6.07, 6.45) is 0. The van der Waals surface area contributed by atoms with E-state index < -0.39 is 0 Å². The zero-order valence-electron chi connectivity index (χ0n) is 12.7. The van der Waals surface area contributed by atoms with Crippen LogP contribution in [0.25, 0.3) is 33.7 Å². The van der Waals surface area contributed by atoms with Crippen LogP contribution in [0.4, 0.5) is 0 Å². The van der Waals surface area contributed by atoms with Crippen LogP contribution in [0.15, 0.2) is 76.0 Å². The SMILES string of the molecule is Cc1ccc(-c2nc3cc(-c4ccc(S)cc4)ccc3o2)cc1. The molecule has 4 aromatic rings. The number of fused-ring (bicyclic) bond motifs is 1. The van der Waals surface area contributed by atoms with Gasteiger partial charge in [0.2, 0.25) is 5.89 Å². The van der Waals surface area contributed by atoms with E-state index in [2.05, 4.69) is 60.9 Å². The predicted molar refractivity (Wildman–Crippen MR) is 96.9 cm³/mol. The number of benzene rings is 3. The molecule has 0 saturated carbocycles. The third-order valence-electron chi connectivity index (χ3n) is 3.89. The van der Waals surface area contributed by atoms with Gasteiger partial charge in [0, 0.05) is 10.5 Å². The molecule has 0 amide bonds. The minimum absolute atomic E-state index is 0.655. The number of aryl methyl sites for hydroxylation is 1. The van der Waals surface area contributed by atoms with E-state index in [1.54, 1.807) is 0 Å². The number of oxazole rings is 1. The first-order valence-corrected chi connectivity index (χ1v) is 7.91. The number of thiol groups is 1. The van der Waals surface area contributed by atoms with Gasteiger partial charge in [-0.2, -0.15) is 0 Å². The van der Waals surface area contributed by atoms with Crippen molar-refractivity contribution in [3.8, 4) is 22.6 Å². The maximum absolute atomic E-state index is 5.88. The average molecular weight is 317 g/mol. The van der Waals surface area contributed by atoms with Crippen LogP contribution in [0.2, 0.25) is 0 Å². The summed E-state index contributed by atoms with van der Waals surface area (Å²) in [5.74, 6) is 0.655. The highest BCUT2D eigenvalue weighted by molar-refractivity contribution is 7.80. The second-order valence-electron chi connectivity index (χ2n) is 5.61. The summed E-state index contributed by atoms with van der Waals surface area (Å²) in [5, 5.41) is 0. The van der Waals surface area contributed by atoms with Gasteiger partial charge in [-0.25, -0.2) is 4.98 Å². The van der Waals surface area contributed by atoms with Crippen LogP contribution < -0.4 is 0 Å². The van der Waals surface area contributed by atoms with Gasteiger partial charge in [0.25, 0.3) is 0 Å². The van der Waals surface area contributed by atoms with E-state index in [1.165, 1.54) is 5.56 Å². The largest absolute Gasteiger partial charge is 0.436 e. The minimum Gasteiger partial charge on any atom is -0.436 e. The molecule has 0 atom stereocenters. The molecule has 0 bridgehead atoms. The van der Waals surface area contributed by atoms with E-state index in [9.17, 15) is 0 Å². The molecule has 4 rings (SSSR count). The molecule has 3 aromatic carbocycles. The number of hydrogen-bond donors (Lipinski definition) is 1. The zero-order valence-corrected chi connectivity index (χ0v) is 13.5. The highest BCUT2D eigenvalue weighted by Gasteiger charge is 2.09. The summed E-state index contributed by atoms with van der Waals surface area (Å²) < 4.78 is 5.88. The molecule has 0 fully saturated rings. The Kier molecular flexibility index (Phi) is 3.43. The Bertz CT molecular complexity index is 925. The molecule has 0 aliphatic rings. The molecule has 1 heterocycles. The fourth-order valence-electron chi connectivity index (χ4n) is 2.58. The highest BCUT2D eigenvalue weighted by atomic mass is 32.1. The van der Waals surface area contributed by atoms with Crippen molar-refractivity contribution in [2.75, 3.05) is 0 Å². The number of aromatic nitrogens is 1. The van der Waals surface area contributed by atoms with Gasteiger partial charge >= 0.3 is 0 Å². The Morgan fingerprint density at radius 1 is 0.783 bits per heavy atom. The number of nitrogens with zero attached hydrogens (tertiary/aromatic N) is 1. The maximum atomic E-state index is 5.88. The fourth-order valence-corrected chi connectivity index (χ4v) is 2.73. The quantitative estimate of drug-likeness (QED) is 0.476. The van der Waals surface area contributed by atoms with E-state index >= 15 is 0 Å². The highest BCUT2D eigenvalue weighted by Crippen LogP contribution is 2.29. The molecule has 0 N–H and O–H groups in total. The Labute approximate surface area is 140 Å². The van der Waals surface area contributed by atoms with Gasteiger partial charge in [-0.3, -0.25) is 0 Å². The van der Waals surface area contributed by atoms with Crippen molar-refractivity contribution in [1.82, 2.24) is 4.98 Å². The average Bonchev–Trinajstić information content (AvgIpc) is 2.99. The first kappa shape index (κ1) is 14.1. The van der Waals surface area contributed by atoms with Crippen LogP contribution >= 0.6 is 12.6 Å². The van der Waals surface area contributed by atoms with Crippen LogP contribution in [0.5, 0.6) is 0 Å². The first-order valence-electron chi connectivity index (χ1n) is 7.46. The van der Waals surface area contributed by atoms with Crippen LogP contribution in [0.3, 0.4) is 0 Å². The van der Waals surface area contributed by atoms with Gasteiger partial charge in [0.1, 0.15) is 5.52 Å². The van der Waals surface area contributed by atoms with Crippen LogP contribution in [-0.2, 0) is 0 Å².